The Labute approximate surface area is 105 Å². The SMILES string of the molecule is Cn1c(-c2ccc(F)cc2)cc(C(F)(F)F)cc1=O. The van der Waals surface area contributed by atoms with Crippen LogP contribution in [0.1, 0.15) is 5.56 Å². The Morgan fingerprint density at radius 3 is 2.16 bits per heavy atom. The van der Waals surface area contributed by atoms with Crippen LogP contribution in [-0.4, -0.2) is 4.57 Å². The van der Waals surface area contributed by atoms with Gasteiger partial charge in [0.15, 0.2) is 0 Å². The van der Waals surface area contributed by atoms with E-state index in [0.29, 0.717) is 11.6 Å². The Bertz CT molecular complexity index is 656. The minimum absolute atomic E-state index is 0.0832. The summed E-state index contributed by atoms with van der Waals surface area (Å²) < 4.78 is 51.8. The second kappa shape index (κ2) is 4.53. The lowest BCUT2D eigenvalue weighted by Crippen LogP contribution is -2.21. The second-order valence-electron chi connectivity index (χ2n) is 4.03. The van der Waals surface area contributed by atoms with Crippen LogP contribution in [0.2, 0.25) is 0 Å². The molecule has 1 aromatic heterocycles. The molecule has 0 unspecified atom stereocenters. The predicted molar refractivity (Wildman–Crippen MR) is 62.1 cm³/mol. The number of benzene rings is 1. The number of alkyl halides is 3. The minimum Gasteiger partial charge on any atom is -0.311 e. The lowest BCUT2D eigenvalue weighted by atomic mass is 10.1. The summed E-state index contributed by atoms with van der Waals surface area (Å²) in [5, 5.41) is 0. The van der Waals surface area contributed by atoms with Gasteiger partial charge in [-0.25, -0.2) is 4.39 Å². The van der Waals surface area contributed by atoms with Gasteiger partial charge in [-0.3, -0.25) is 4.79 Å². The fraction of sp³-hybridized carbons (Fsp3) is 0.154. The summed E-state index contributed by atoms with van der Waals surface area (Å²) in [4.78, 5) is 11.5. The monoisotopic (exact) mass is 271 g/mol. The van der Waals surface area contributed by atoms with Crippen molar-refractivity contribution < 1.29 is 17.6 Å². The molecule has 0 amide bonds. The summed E-state index contributed by atoms with van der Waals surface area (Å²) >= 11 is 0. The van der Waals surface area contributed by atoms with Crippen molar-refractivity contribution in [3.8, 4) is 11.3 Å². The second-order valence-corrected chi connectivity index (χ2v) is 4.03. The number of nitrogens with zero attached hydrogens (tertiary/aromatic N) is 1. The Balaban J connectivity index is 2.66. The van der Waals surface area contributed by atoms with E-state index in [4.69, 9.17) is 0 Å². The molecule has 0 spiro atoms. The van der Waals surface area contributed by atoms with Crippen molar-refractivity contribution in [2.24, 2.45) is 7.05 Å². The molecule has 100 valence electrons. The number of aromatic nitrogens is 1. The van der Waals surface area contributed by atoms with Crippen LogP contribution in [0.4, 0.5) is 17.6 Å². The number of hydrogen-bond donors (Lipinski definition) is 0. The third-order valence-corrected chi connectivity index (χ3v) is 2.73. The maximum atomic E-state index is 12.8. The molecule has 0 fully saturated rings. The predicted octanol–water partition coefficient (Wildman–Crippen LogP) is 3.21. The van der Waals surface area contributed by atoms with Gasteiger partial charge in [-0.15, -0.1) is 0 Å². The highest BCUT2D eigenvalue weighted by Crippen LogP contribution is 2.30. The largest absolute Gasteiger partial charge is 0.416 e. The number of pyridine rings is 1. The van der Waals surface area contributed by atoms with Crippen LogP contribution in [0.15, 0.2) is 41.2 Å². The molecule has 0 aliphatic heterocycles. The van der Waals surface area contributed by atoms with Crippen LogP contribution < -0.4 is 5.56 Å². The van der Waals surface area contributed by atoms with Crippen LogP contribution in [0, 0.1) is 5.82 Å². The van der Waals surface area contributed by atoms with E-state index in [1.165, 1.54) is 19.2 Å². The summed E-state index contributed by atoms with van der Waals surface area (Å²) in [6, 6.07) is 6.30. The van der Waals surface area contributed by atoms with Gasteiger partial charge >= 0.3 is 6.18 Å². The van der Waals surface area contributed by atoms with Crippen molar-refractivity contribution in [3.63, 3.8) is 0 Å². The molecule has 6 heteroatoms. The van der Waals surface area contributed by atoms with Crippen molar-refractivity contribution in [1.29, 1.82) is 0 Å². The minimum atomic E-state index is -4.60. The Morgan fingerprint density at radius 1 is 1.05 bits per heavy atom. The molecule has 0 aliphatic carbocycles. The van der Waals surface area contributed by atoms with Crippen LogP contribution in [-0.2, 0) is 13.2 Å². The summed E-state index contributed by atoms with van der Waals surface area (Å²) in [6.45, 7) is 0. The first-order valence-corrected chi connectivity index (χ1v) is 5.33. The highest BCUT2D eigenvalue weighted by atomic mass is 19.4. The van der Waals surface area contributed by atoms with Gasteiger partial charge in [0.25, 0.3) is 5.56 Å². The molecule has 0 saturated carbocycles. The lowest BCUT2D eigenvalue weighted by molar-refractivity contribution is -0.137. The van der Waals surface area contributed by atoms with E-state index in [0.717, 1.165) is 22.8 Å². The molecule has 2 aromatic rings. The molecule has 1 aromatic carbocycles. The van der Waals surface area contributed by atoms with Gasteiger partial charge in [-0.1, -0.05) is 0 Å². The maximum absolute atomic E-state index is 12.8. The standard InChI is InChI=1S/C13H9F4NO/c1-18-11(8-2-4-10(14)5-3-8)6-9(7-12(18)19)13(15,16)17/h2-7H,1H3. The van der Waals surface area contributed by atoms with Crippen molar-refractivity contribution in [1.82, 2.24) is 4.57 Å². The smallest absolute Gasteiger partial charge is 0.311 e. The molecule has 0 N–H and O–H groups in total. The van der Waals surface area contributed by atoms with E-state index in [9.17, 15) is 22.4 Å². The van der Waals surface area contributed by atoms with E-state index < -0.39 is 23.1 Å². The zero-order valence-corrected chi connectivity index (χ0v) is 9.83. The lowest BCUT2D eigenvalue weighted by Gasteiger charge is -2.12. The Kier molecular flexibility index (Phi) is 3.18. The average Bonchev–Trinajstić information content (AvgIpc) is 2.32. The highest BCUT2D eigenvalue weighted by molar-refractivity contribution is 5.60. The van der Waals surface area contributed by atoms with Crippen LogP contribution in [0.3, 0.4) is 0 Å². The highest BCUT2D eigenvalue weighted by Gasteiger charge is 2.31. The Morgan fingerprint density at radius 2 is 1.63 bits per heavy atom. The average molecular weight is 271 g/mol. The summed E-state index contributed by atoms with van der Waals surface area (Å²) in [6.07, 6.45) is -4.60. The normalized spacial score (nSPS) is 11.6. The van der Waals surface area contributed by atoms with Crippen molar-refractivity contribution >= 4 is 0 Å². The van der Waals surface area contributed by atoms with Crippen LogP contribution in [0.25, 0.3) is 11.3 Å². The maximum Gasteiger partial charge on any atom is 0.416 e. The van der Waals surface area contributed by atoms with E-state index in [-0.39, 0.29) is 5.69 Å². The van der Waals surface area contributed by atoms with Crippen LogP contribution in [0.5, 0.6) is 0 Å². The summed E-state index contributed by atoms with van der Waals surface area (Å²) in [5.41, 5.74) is -1.36. The molecule has 0 bridgehead atoms. The zero-order valence-electron chi connectivity index (χ0n) is 9.83. The molecule has 0 radical (unpaired) electrons. The third-order valence-electron chi connectivity index (χ3n) is 2.73. The molecule has 0 atom stereocenters. The van der Waals surface area contributed by atoms with Gasteiger partial charge in [0, 0.05) is 13.1 Å². The zero-order chi connectivity index (χ0) is 14.2. The van der Waals surface area contributed by atoms with E-state index in [2.05, 4.69) is 0 Å². The molecule has 19 heavy (non-hydrogen) atoms. The van der Waals surface area contributed by atoms with E-state index >= 15 is 0 Å². The first-order valence-electron chi connectivity index (χ1n) is 5.33. The van der Waals surface area contributed by atoms with Gasteiger partial charge < -0.3 is 4.57 Å². The van der Waals surface area contributed by atoms with E-state index in [1.54, 1.807) is 0 Å². The fourth-order valence-electron chi connectivity index (χ4n) is 1.70. The van der Waals surface area contributed by atoms with Crippen molar-refractivity contribution in [2.45, 2.75) is 6.18 Å². The topological polar surface area (TPSA) is 22.0 Å². The molecule has 1 heterocycles. The van der Waals surface area contributed by atoms with Crippen LogP contribution >= 0.6 is 0 Å². The molecular formula is C13H9F4NO. The molecule has 0 aliphatic rings. The number of rotatable bonds is 1. The molecule has 2 rings (SSSR count). The van der Waals surface area contributed by atoms with Crippen molar-refractivity contribution in [2.75, 3.05) is 0 Å². The third kappa shape index (κ3) is 2.67. The Hall–Kier alpha value is -2.11. The summed E-state index contributed by atoms with van der Waals surface area (Å²) in [5.74, 6) is -0.499. The fourth-order valence-corrected chi connectivity index (χ4v) is 1.70. The van der Waals surface area contributed by atoms with Gasteiger partial charge in [-0.05, 0) is 35.9 Å². The molecule has 2 nitrogen and oxygen atoms in total. The summed E-state index contributed by atoms with van der Waals surface area (Å²) in [7, 11) is 1.36. The van der Waals surface area contributed by atoms with Crippen molar-refractivity contribution in [3.05, 3.63) is 58.1 Å². The first kappa shape index (κ1) is 13.3. The van der Waals surface area contributed by atoms with Gasteiger partial charge in [0.2, 0.25) is 0 Å². The van der Waals surface area contributed by atoms with Gasteiger partial charge in [0.1, 0.15) is 5.82 Å². The van der Waals surface area contributed by atoms with E-state index in [1.807, 2.05) is 0 Å². The number of hydrogen-bond acceptors (Lipinski definition) is 1. The first-order chi connectivity index (χ1) is 8.79. The quantitative estimate of drug-likeness (QED) is 0.730. The number of halogens is 4. The van der Waals surface area contributed by atoms with Gasteiger partial charge in [0.05, 0.1) is 11.3 Å². The molecular weight excluding hydrogens is 262 g/mol. The molecule has 0 saturated heterocycles. The van der Waals surface area contributed by atoms with Gasteiger partial charge in [-0.2, -0.15) is 13.2 Å².